The molecule has 4 rings (SSSR count). The third-order valence-corrected chi connectivity index (χ3v) is 4.80. The molecule has 0 aliphatic carbocycles. The Balaban J connectivity index is 1.62. The Labute approximate surface area is 156 Å². The van der Waals surface area contributed by atoms with Crippen LogP contribution < -0.4 is 4.74 Å². The van der Waals surface area contributed by atoms with E-state index in [1.807, 2.05) is 41.3 Å². The molecule has 132 valence electrons. The summed E-state index contributed by atoms with van der Waals surface area (Å²) < 4.78 is 10.8. The van der Waals surface area contributed by atoms with Gasteiger partial charge in [-0.25, -0.2) is 0 Å². The molecular formula is C20H17ClN2O3. The zero-order valence-electron chi connectivity index (χ0n) is 14.2. The van der Waals surface area contributed by atoms with E-state index in [1.165, 1.54) is 0 Å². The van der Waals surface area contributed by atoms with Crippen LogP contribution in [0.3, 0.4) is 0 Å². The van der Waals surface area contributed by atoms with Gasteiger partial charge in [0.15, 0.2) is 5.76 Å². The van der Waals surface area contributed by atoms with Gasteiger partial charge in [-0.1, -0.05) is 22.8 Å². The molecule has 1 amide bonds. The summed E-state index contributed by atoms with van der Waals surface area (Å²) in [7, 11) is 1.59. The first-order valence-electron chi connectivity index (χ1n) is 8.32. The van der Waals surface area contributed by atoms with Crippen molar-refractivity contribution in [2.45, 2.75) is 13.0 Å². The van der Waals surface area contributed by atoms with E-state index in [1.54, 1.807) is 19.2 Å². The van der Waals surface area contributed by atoms with Crippen LogP contribution in [0.5, 0.6) is 5.75 Å². The molecule has 1 aromatic heterocycles. The fourth-order valence-electron chi connectivity index (χ4n) is 3.15. The first-order chi connectivity index (χ1) is 12.7. The summed E-state index contributed by atoms with van der Waals surface area (Å²) in [6, 6.07) is 14.6. The van der Waals surface area contributed by atoms with Crippen LogP contribution in [0.2, 0.25) is 5.02 Å². The second-order valence-corrected chi connectivity index (χ2v) is 6.59. The zero-order valence-corrected chi connectivity index (χ0v) is 15.0. The number of rotatable bonds is 3. The first kappa shape index (κ1) is 16.7. The Hall–Kier alpha value is -2.79. The molecule has 1 aliphatic rings. The van der Waals surface area contributed by atoms with Crippen molar-refractivity contribution in [3.8, 4) is 17.1 Å². The van der Waals surface area contributed by atoms with Gasteiger partial charge in [0, 0.05) is 34.7 Å². The largest absolute Gasteiger partial charge is 0.497 e. The number of nitrogens with zero attached hydrogens (tertiary/aromatic N) is 2. The summed E-state index contributed by atoms with van der Waals surface area (Å²) in [6.45, 7) is 1.07. The molecule has 0 radical (unpaired) electrons. The van der Waals surface area contributed by atoms with Gasteiger partial charge in [0.25, 0.3) is 5.91 Å². The van der Waals surface area contributed by atoms with Gasteiger partial charge in [0.2, 0.25) is 0 Å². The molecule has 0 bridgehead atoms. The minimum absolute atomic E-state index is 0.0298. The van der Waals surface area contributed by atoms with Gasteiger partial charge in [-0.2, -0.15) is 0 Å². The lowest BCUT2D eigenvalue weighted by molar-refractivity contribution is 0.0734. The van der Waals surface area contributed by atoms with E-state index in [2.05, 4.69) is 5.16 Å². The number of carbonyl (C=O) groups is 1. The van der Waals surface area contributed by atoms with Crippen molar-refractivity contribution in [3.63, 3.8) is 0 Å². The van der Waals surface area contributed by atoms with E-state index in [4.69, 9.17) is 20.9 Å². The zero-order chi connectivity index (χ0) is 18.1. The van der Waals surface area contributed by atoms with Crippen molar-refractivity contribution in [2.75, 3.05) is 13.7 Å². The first-order valence-corrected chi connectivity index (χ1v) is 8.70. The van der Waals surface area contributed by atoms with Crippen molar-refractivity contribution in [2.24, 2.45) is 0 Å². The molecule has 0 saturated carbocycles. The molecule has 26 heavy (non-hydrogen) atoms. The van der Waals surface area contributed by atoms with E-state index in [0.717, 1.165) is 16.8 Å². The molecule has 2 aromatic carbocycles. The molecular weight excluding hydrogens is 352 g/mol. The maximum absolute atomic E-state index is 12.9. The molecule has 0 spiro atoms. The Morgan fingerprint density at radius 2 is 2.04 bits per heavy atom. The van der Waals surface area contributed by atoms with E-state index < -0.39 is 0 Å². The highest BCUT2D eigenvalue weighted by Crippen LogP contribution is 2.31. The van der Waals surface area contributed by atoms with Crippen molar-refractivity contribution in [1.29, 1.82) is 0 Å². The lowest BCUT2D eigenvalue weighted by Crippen LogP contribution is -2.35. The fourth-order valence-corrected chi connectivity index (χ4v) is 3.28. The summed E-state index contributed by atoms with van der Waals surface area (Å²) in [5.41, 5.74) is 3.37. The molecule has 1 aliphatic heterocycles. The summed E-state index contributed by atoms with van der Waals surface area (Å²) in [5, 5.41) is 4.85. The Morgan fingerprint density at radius 1 is 1.23 bits per heavy atom. The molecule has 0 N–H and O–H groups in total. The Bertz CT molecular complexity index is 950. The van der Waals surface area contributed by atoms with Gasteiger partial charge in [-0.05, 0) is 42.5 Å². The standard InChI is InChI=1S/C20H17ClN2O3/c1-25-16-4-2-3-14(11-16)20(24)23-10-9-18-17(12-23)19(26-22-18)13-5-7-15(21)8-6-13/h2-8,11H,9-10,12H2,1H3. The molecule has 2 heterocycles. The van der Waals surface area contributed by atoms with Crippen LogP contribution in [-0.2, 0) is 13.0 Å². The van der Waals surface area contributed by atoms with Gasteiger partial charge in [-0.15, -0.1) is 0 Å². The van der Waals surface area contributed by atoms with Crippen molar-refractivity contribution < 1.29 is 14.1 Å². The molecule has 0 fully saturated rings. The van der Waals surface area contributed by atoms with E-state index in [-0.39, 0.29) is 5.91 Å². The highest BCUT2D eigenvalue weighted by atomic mass is 35.5. The van der Waals surface area contributed by atoms with Gasteiger partial charge < -0.3 is 14.2 Å². The molecule has 5 nitrogen and oxygen atoms in total. The average molecular weight is 369 g/mol. The monoisotopic (exact) mass is 368 g/mol. The van der Waals surface area contributed by atoms with Gasteiger partial charge >= 0.3 is 0 Å². The molecule has 0 atom stereocenters. The smallest absolute Gasteiger partial charge is 0.254 e. The van der Waals surface area contributed by atoms with Gasteiger partial charge in [0.1, 0.15) is 5.75 Å². The van der Waals surface area contributed by atoms with Crippen LogP contribution in [0, 0.1) is 0 Å². The lowest BCUT2D eigenvalue weighted by Gasteiger charge is -2.26. The number of hydrogen-bond donors (Lipinski definition) is 0. The van der Waals surface area contributed by atoms with Crippen molar-refractivity contribution in [1.82, 2.24) is 10.1 Å². The maximum Gasteiger partial charge on any atom is 0.254 e. The third-order valence-electron chi connectivity index (χ3n) is 4.55. The fraction of sp³-hybridized carbons (Fsp3) is 0.200. The molecule has 0 unspecified atom stereocenters. The topological polar surface area (TPSA) is 55.6 Å². The number of carbonyl (C=O) groups excluding carboxylic acids is 1. The van der Waals surface area contributed by atoms with Crippen LogP contribution in [0.4, 0.5) is 0 Å². The summed E-state index contributed by atoms with van der Waals surface area (Å²) in [6.07, 6.45) is 0.669. The molecule has 0 saturated heterocycles. The summed E-state index contributed by atoms with van der Waals surface area (Å²) in [5.74, 6) is 1.33. The molecule has 6 heteroatoms. The number of amides is 1. The maximum atomic E-state index is 12.9. The number of ether oxygens (including phenoxy) is 1. The van der Waals surface area contributed by atoms with E-state index >= 15 is 0 Å². The van der Waals surface area contributed by atoms with E-state index in [0.29, 0.717) is 41.6 Å². The second kappa shape index (κ2) is 6.84. The van der Waals surface area contributed by atoms with Gasteiger partial charge in [0.05, 0.1) is 19.3 Å². The minimum atomic E-state index is -0.0298. The van der Waals surface area contributed by atoms with Crippen LogP contribution >= 0.6 is 11.6 Å². The quantitative estimate of drug-likeness (QED) is 0.695. The Kier molecular flexibility index (Phi) is 4.39. The number of hydrogen-bond acceptors (Lipinski definition) is 4. The highest BCUT2D eigenvalue weighted by molar-refractivity contribution is 6.30. The number of aromatic nitrogens is 1. The number of benzene rings is 2. The molecule has 3 aromatic rings. The highest BCUT2D eigenvalue weighted by Gasteiger charge is 2.28. The number of methoxy groups -OCH3 is 1. The van der Waals surface area contributed by atoms with Crippen molar-refractivity contribution in [3.05, 3.63) is 70.4 Å². The Morgan fingerprint density at radius 3 is 2.81 bits per heavy atom. The average Bonchev–Trinajstić information content (AvgIpc) is 3.11. The van der Waals surface area contributed by atoms with E-state index in [9.17, 15) is 4.79 Å². The second-order valence-electron chi connectivity index (χ2n) is 6.15. The van der Waals surface area contributed by atoms with Crippen LogP contribution in [0.1, 0.15) is 21.6 Å². The number of halogens is 1. The predicted molar refractivity (Wildman–Crippen MR) is 98.4 cm³/mol. The third kappa shape index (κ3) is 3.06. The minimum Gasteiger partial charge on any atom is -0.497 e. The number of fused-ring (bicyclic) bond motifs is 1. The van der Waals surface area contributed by atoms with Crippen molar-refractivity contribution >= 4 is 17.5 Å². The van der Waals surface area contributed by atoms with Crippen LogP contribution in [0.15, 0.2) is 53.1 Å². The van der Waals surface area contributed by atoms with Crippen LogP contribution in [-0.4, -0.2) is 29.6 Å². The predicted octanol–water partition coefficient (Wildman–Crippen LogP) is 4.20. The summed E-state index contributed by atoms with van der Waals surface area (Å²) in [4.78, 5) is 14.7. The van der Waals surface area contributed by atoms with Crippen LogP contribution in [0.25, 0.3) is 11.3 Å². The normalized spacial score (nSPS) is 13.4. The lowest BCUT2D eigenvalue weighted by atomic mass is 10.0. The summed E-state index contributed by atoms with van der Waals surface area (Å²) >= 11 is 5.96. The SMILES string of the molecule is COc1cccc(C(=O)N2CCc3noc(-c4ccc(Cl)cc4)c3C2)c1. The van der Waals surface area contributed by atoms with Gasteiger partial charge in [-0.3, -0.25) is 4.79 Å².